The smallest absolute Gasteiger partial charge is 0.414 e. The van der Waals surface area contributed by atoms with Crippen molar-refractivity contribution in [2.75, 3.05) is 26.8 Å². The third-order valence-corrected chi connectivity index (χ3v) is 2.48. The van der Waals surface area contributed by atoms with Crippen molar-refractivity contribution in [2.24, 2.45) is 0 Å². The number of carbonyl (C=O) groups is 2. The molecule has 22 heavy (non-hydrogen) atoms. The summed E-state index contributed by atoms with van der Waals surface area (Å²) >= 11 is 0. The SMILES string of the molecule is CCCCNCCOc1cccc(OC)c1.O=C(O)C(=O)O. The van der Waals surface area contributed by atoms with E-state index in [0.717, 1.165) is 24.6 Å². The zero-order valence-electron chi connectivity index (χ0n) is 12.9. The number of hydrogen-bond donors (Lipinski definition) is 3. The van der Waals surface area contributed by atoms with Gasteiger partial charge >= 0.3 is 11.9 Å². The van der Waals surface area contributed by atoms with Gasteiger partial charge in [-0.2, -0.15) is 0 Å². The number of methoxy groups -OCH3 is 1. The summed E-state index contributed by atoms with van der Waals surface area (Å²) < 4.78 is 10.7. The second kappa shape index (κ2) is 12.5. The fourth-order valence-corrected chi connectivity index (χ4v) is 1.36. The van der Waals surface area contributed by atoms with Crippen LogP contribution in [0.15, 0.2) is 24.3 Å². The summed E-state index contributed by atoms with van der Waals surface area (Å²) in [5, 5.41) is 18.1. The van der Waals surface area contributed by atoms with Gasteiger partial charge in [0.25, 0.3) is 0 Å². The molecule has 1 aromatic carbocycles. The van der Waals surface area contributed by atoms with Gasteiger partial charge < -0.3 is 25.0 Å². The van der Waals surface area contributed by atoms with Crippen molar-refractivity contribution in [3.8, 4) is 11.5 Å². The van der Waals surface area contributed by atoms with E-state index in [1.807, 2.05) is 24.3 Å². The molecule has 0 fully saturated rings. The highest BCUT2D eigenvalue weighted by atomic mass is 16.5. The average molecular weight is 313 g/mol. The average Bonchev–Trinajstić information content (AvgIpc) is 2.51. The minimum Gasteiger partial charge on any atom is -0.497 e. The first-order valence-electron chi connectivity index (χ1n) is 6.95. The Morgan fingerprint density at radius 1 is 1.14 bits per heavy atom. The zero-order valence-corrected chi connectivity index (χ0v) is 12.9. The van der Waals surface area contributed by atoms with E-state index in [1.54, 1.807) is 7.11 Å². The molecule has 0 bridgehead atoms. The molecule has 0 aromatic heterocycles. The highest BCUT2D eigenvalue weighted by molar-refractivity contribution is 6.27. The van der Waals surface area contributed by atoms with Crippen LogP contribution in [0.25, 0.3) is 0 Å². The van der Waals surface area contributed by atoms with E-state index in [1.165, 1.54) is 12.8 Å². The van der Waals surface area contributed by atoms with Crippen molar-refractivity contribution >= 4 is 11.9 Å². The van der Waals surface area contributed by atoms with E-state index < -0.39 is 11.9 Å². The third kappa shape index (κ3) is 10.5. The lowest BCUT2D eigenvalue weighted by molar-refractivity contribution is -0.159. The molecule has 0 aliphatic heterocycles. The summed E-state index contributed by atoms with van der Waals surface area (Å²) in [5.74, 6) is -1.96. The van der Waals surface area contributed by atoms with Gasteiger partial charge in [-0.25, -0.2) is 9.59 Å². The molecule has 0 saturated carbocycles. The Balaban J connectivity index is 0.000000626. The zero-order chi connectivity index (χ0) is 16.8. The molecule has 0 saturated heterocycles. The maximum Gasteiger partial charge on any atom is 0.414 e. The number of unbranched alkanes of at least 4 members (excludes halogenated alkanes) is 1. The molecule has 0 heterocycles. The standard InChI is InChI=1S/C13H21NO2.C2H2O4/c1-3-4-8-14-9-10-16-13-7-5-6-12(11-13)15-2;3-1(4)2(5)6/h5-7,11,14H,3-4,8-10H2,1-2H3;(H,3,4)(H,5,6). The Labute approximate surface area is 129 Å². The van der Waals surface area contributed by atoms with Gasteiger partial charge in [0.05, 0.1) is 7.11 Å². The van der Waals surface area contributed by atoms with Crippen LogP contribution in [0.1, 0.15) is 19.8 Å². The van der Waals surface area contributed by atoms with E-state index in [-0.39, 0.29) is 0 Å². The van der Waals surface area contributed by atoms with Gasteiger partial charge in [0.15, 0.2) is 0 Å². The largest absolute Gasteiger partial charge is 0.497 e. The summed E-state index contributed by atoms with van der Waals surface area (Å²) in [6.45, 7) is 4.83. The number of rotatable bonds is 8. The van der Waals surface area contributed by atoms with E-state index in [2.05, 4.69) is 12.2 Å². The predicted molar refractivity (Wildman–Crippen MR) is 81.5 cm³/mol. The van der Waals surface area contributed by atoms with Crippen molar-refractivity contribution in [2.45, 2.75) is 19.8 Å². The maximum atomic E-state index is 9.10. The normalized spacial score (nSPS) is 9.36. The molecule has 0 unspecified atom stereocenters. The molecular weight excluding hydrogens is 290 g/mol. The summed E-state index contributed by atoms with van der Waals surface area (Å²) in [6.07, 6.45) is 2.45. The van der Waals surface area contributed by atoms with Gasteiger partial charge in [-0.05, 0) is 25.1 Å². The molecule has 0 amide bonds. The molecule has 1 aromatic rings. The van der Waals surface area contributed by atoms with Gasteiger partial charge in [-0.15, -0.1) is 0 Å². The lowest BCUT2D eigenvalue weighted by atomic mass is 10.3. The second-order valence-electron chi connectivity index (χ2n) is 4.24. The molecule has 3 N–H and O–H groups in total. The van der Waals surface area contributed by atoms with Crippen LogP contribution in [0.5, 0.6) is 11.5 Å². The molecule has 0 spiro atoms. The number of hydrogen-bond acceptors (Lipinski definition) is 5. The number of benzene rings is 1. The Kier molecular flexibility index (Phi) is 11.2. The van der Waals surface area contributed by atoms with E-state index in [4.69, 9.17) is 29.3 Å². The fourth-order valence-electron chi connectivity index (χ4n) is 1.36. The van der Waals surface area contributed by atoms with Crippen molar-refractivity contribution in [3.63, 3.8) is 0 Å². The topological polar surface area (TPSA) is 105 Å². The third-order valence-electron chi connectivity index (χ3n) is 2.48. The van der Waals surface area contributed by atoms with Crippen molar-refractivity contribution in [1.82, 2.24) is 5.32 Å². The van der Waals surface area contributed by atoms with E-state index in [9.17, 15) is 0 Å². The van der Waals surface area contributed by atoms with Gasteiger partial charge in [-0.3, -0.25) is 0 Å². The number of carboxylic acids is 2. The molecule has 7 nitrogen and oxygen atoms in total. The fraction of sp³-hybridized carbons (Fsp3) is 0.467. The van der Waals surface area contributed by atoms with Crippen LogP contribution in [0.2, 0.25) is 0 Å². The number of aliphatic carboxylic acids is 2. The van der Waals surface area contributed by atoms with E-state index >= 15 is 0 Å². The number of carboxylic acid groups (broad SMARTS) is 2. The first-order valence-corrected chi connectivity index (χ1v) is 6.95. The van der Waals surface area contributed by atoms with Crippen LogP contribution in [0, 0.1) is 0 Å². The van der Waals surface area contributed by atoms with E-state index in [0.29, 0.717) is 6.61 Å². The minimum absolute atomic E-state index is 0.691. The molecule has 0 aliphatic carbocycles. The monoisotopic (exact) mass is 313 g/mol. The van der Waals surface area contributed by atoms with Crippen LogP contribution in [-0.2, 0) is 9.59 Å². The van der Waals surface area contributed by atoms with Gasteiger partial charge in [0.2, 0.25) is 0 Å². The van der Waals surface area contributed by atoms with Crippen molar-refractivity contribution in [1.29, 1.82) is 0 Å². The Morgan fingerprint density at radius 3 is 2.32 bits per heavy atom. The highest BCUT2D eigenvalue weighted by Gasteiger charge is 2.04. The second-order valence-corrected chi connectivity index (χ2v) is 4.24. The molecule has 7 heteroatoms. The molecule has 0 atom stereocenters. The first-order chi connectivity index (χ1) is 10.5. The van der Waals surface area contributed by atoms with Gasteiger partial charge in [0, 0.05) is 12.6 Å². The maximum absolute atomic E-state index is 9.10. The summed E-state index contributed by atoms with van der Waals surface area (Å²) in [6, 6.07) is 7.67. The lowest BCUT2D eigenvalue weighted by Crippen LogP contribution is -2.21. The predicted octanol–water partition coefficient (Wildman–Crippen LogP) is 1.62. The van der Waals surface area contributed by atoms with Crippen LogP contribution >= 0.6 is 0 Å². The van der Waals surface area contributed by atoms with Crippen LogP contribution < -0.4 is 14.8 Å². The van der Waals surface area contributed by atoms with Crippen LogP contribution in [0.3, 0.4) is 0 Å². The van der Waals surface area contributed by atoms with Crippen LogP contribution in [0.4, 0.5) is 0 Å². The van der Waals surface area contributed by atoms with Crippen LogP contribution in [-0.4, -0.2) is 49.0 Å². The summed E-state index contributed by atoms with van der Waals surface area (Å²) in [5.41, 5.74) is 0. The molecular formula is C15H23NO6. The highest BCUT2D eigenvalue weighted by Crippen LogP contribution is 2.18. The first kappa shape index (κ1) is 19.7. The number of ether oxygens (including phenoxy) is 2. The van der Waals surface area contributed by atoms with Gasteiger partial charge in [-0.1, -0.05) is 19.4 Å². The number of nitrogens with one attached hydrogen (secondary N) is 1. The van der Waals surface area contributed by atoms with Crippen molar-refractivity contribution < 1.29 is 29.3 Å². The molecule has 0 aliphatic rings. The minimum atomic E-state index is -1.82. The molecule has 1 rings (SSSR count). The van der Waals surface area contributed by atoms with Crippen molar-refractivity contribution in [3.05, 3.63) is 24.3 Å². The summed E-state index contributed by atoms with van der Waals surface area (Å²) in [7, 11) is 1.66. The Morgan fingerprint density at radius 2 is 1.77 bits per heavy atom. The quantitative estimate of drug-likeness (QED) is 0.494. The van der Waals surface area contributed by atoms with Gasteiger partial charge in [0.1, 0.15) is 18.1 Å². The Hall–Kier alpha value is -2.28. The summed E-state index contributed by atoms with van der Waals surface area (Å²) in [4.78, 5) is 18.2. The molecule has 124 valence electrons. The molecule has 0 radical (unpaired) electrons. The lowest BCUT2D eigenvalue weighted by Gasteiger charge is -2.08. The Bertz CT molecular complexity index is 437.